The van der Waals surface area contributed by atoms with Gasteiger partial charge < -0.3 is 19.5 Å². The Labute approximate surface area is 146 Å². The van der Waals surface area contributed by atoms with Crippen molar-refractivity contribution in [2.24, 2.45) is 0 Å². The number of benzene rings is 2. The Balaban J connectivity index is 2.08. The van der Waals surface area contributed by atoms with Gasteiger partial charge in [-0.3, -0.25) is 0 Å². The van der Waals surface area contributed by atoms with Crippen LogP contribution in [0.4, 0.5) is 0 Å². The molecule has 0 fully saturated rings. The number of nitrogens with one attached hydrogen (secondary N) is 1. The molecule has 0 spiro atoms. The van der Waals surface area contributed by atoms with E-state index in [2.05, 4.69) is 5.32 Å². The van der Waals surface area contributed by atoms with E-state index in [1.54, 1.807) is 27.4 Å². The molecule has 4 nitrogen and oxygen atoms in total. The van der Waals surface area contributed by atoms with Crippen LogP contribution in [0.25, 0.3) is 0 Å². The summed E-state index contributed by atoms with van der Waals surface area (Å²) in [4.78, 5) is 0. The number of ether oxygens (including phenoxy) is 3. The number of hydrogen-bond acceptors (Lipinski definition) is 4. The first kappa shape index (κ1) is 17.7. The van der Waals surface area contributed by atoms with Gasteiger partial charge in [0.05, 0.1) is 31.4 Å². The number of methoxy groups -OCH3 is 3. The van der Waals surface area contributed by atoms with Crippen LogP contribution in [-0.4, -0.2) is 21.3 Å². The Morgan fingerprint density at radius 2 is 1.43 bits per heavy atom. The van der Waals surface area contributed by atoms with Gasteiger partial charge in [0, 0.05) is 24.7 Å². The van der Waals surface area contributed by atoms with Crippen LogP contribution in [0.2, 0.25) is 10.0 Å². The molecule has 2 aromatic rings. The van der Waals surface area contributed by atoms with Crippen molar-refractivity contribution in [3.05, 3.63) is 51.5 Å². The van der Waals surface area contributed by atoms with Gasteiger partial charge in [-0.2, -0.15) is 0 Å². The molecule has 2 rings (SSSR count). The van der Waals surface area contributed by atoms with Gasteiger partial charge in [0.1, 0.15) is 5.75 Å². The zero-order valence-electron chi connectivity index (χ0n) is 13.3. The summed E-state index contributed by atoms with van der Waals surface area (Å²) in [5.41, 5.74) is 2.03. The molecule has 0 aliphatic heterocycles. The van der Waals surface area contributed by atoms with Crippen LogP contribution in [0.15, 0.2) is 30.3 Å². The van der Waals surface area contributed by atoms with Crippen LogP contribution in [0.3, 0.4) is 0 Å². The minimum atomic E-state index is 0.551. The van der Waals surface area contributed by atoms with Crippen molar-refractivity contribution in [2.75, 3.05) is 21.3 Å². The first-order valence-corrected chi connectivity index (χ1v) is 7.78. The van der Waals surface area contributed by atoms with Crippen molar-refractivity contribution in [3.63, 3.8) is 0 Å². The highest BCUT2D eigenvalue weighted by molar-refractivity contribution is 6.42. The highest BCUT2D eigenvalue weighted by atomic mass is 35.5. The quantitative estimate of drug-likeness (QED) is 0.803. The van der Waals surface area contributed by atoms with Crippen LogP contribution in [0.1, 0.15) is 11.1 Å². The summed E-state index contributed by atoms with van der Waals surface area (Å²) in [6.07, 6.45) is 0. The van der Waals surface area contributed by atoms with E-state index >= 15 is 0 Å². The summed E-state index contributed by atoms with van der Waals surface area (Å²) in [5, 5.41) is 4.45. The van der Waals surface area contributed by atoms with Crippen molar-refractivity contribution in [2.45, 2.75) is 13.1 Å². The first-order chi connectivity index (χ1) is 11.1. The highest BCUT2D eigenvalue weighted by Crippen LogP contribution is 2.34. The second-order valence-corrected chi connectivity index (χ2v) is 5.69. The zero-order chi connectivity index (χ0) is 16.8. The van der Waals surface area contributed by atoms with Gasteiger partial charge >= 0.3 is 0 Å². The van der Waals surface area contributed by atoms with Gasteiger partial charge in [-0.1, -0.05) is 29.3 Å². The molecule has 1 N–H and O–H groups in total. The molecule has 2 aromatic carbocycles. The Morgan fingerprint density at radius 3 is 2.04 bits per heavy atom. The Kier molecular flexibility index (Phi) is 6.39. The third-order valence-corrected chi connectivity index (χ3v) is 4.15. The summed E-state index contributed by atoms with van der Waals surface area (Å²) in [5.74, 6) is 2.04. The second kappa shape index (κ2) is 8.29. The summed E-state index contributed by atoms with van der Waals surface area (Å²) >= 11 is 11.9. The standard InChI is InChI=1S/C17H19Cl2NO3/c1-21-15-8-17(23-3)16(22-2)7-12(15)10-20-9-11-4-5-13(18)14(19)6-11/h4-8,20H,9-10H2,1-3H3. The maximum absolute atomic E-state index is 6.02. The third kappa shape index (κ3) is 4.44. The lowest BCUT2D eigenvalue weighted by molar-refractivity contribution is 0.347. The molecule has 0 heterocycles. The predicted octanol–water partition coefficient (Wildman–Crippen LogP) is 4.31. The van der Waals surface area contributed by atoms with E-state index in [1.807, 2.05) is 24.3 Å². The fraction of sp³-hybridized carbons (Fsp3) is 0.294. The van der Waals surface area contributed by atoms with Gasteiger partial charge in [0.25, 0.3) is 0 Å². The summed E-state index contributed by atoms with van der Waals surface area (Å²) < 4.78 is 16.0. The van der Waals surface area contributed by atoms with Crippen LogP contribution in [0.5, 0.6) is 17.2 Å². The molecule has 0 saturated carbocycles. The highest BCUT2D eigenvalue weighted by Gasteiger charge is 2.11. The van der Waals surface area contributed by atoms with Crippen LogP contribution >= 0.6 is 23.2 Å². The van der Waals surface area contributed by atoms with E-state index in [1.165, 1.54) is 0 Å². The van der Waals surface area contributed by atoms with Gasteiger partial charge in [-0.05, 0) is 23.8 Å². The molecule has 0 atom stereocenters. The van der Waals surface area contributed by atoms with Crippen molar-refractivity contribution in [1.82, 2.24) is 5.32 Å². The van der Waals surface area contributed by atoms with Crippen molar-refractivity contribution in [1.29, 1.82) is 0 Å². The third-order valence-electron chi connectivity index (χ3n) is 3.42. The fourth-order valence-corrected chi connectivity index (χ4v) is 2.54. The summed E-state index contributed by atoms with van der Waals surface area (Å²) in [6, 6.07) is 9.29. The van der Waals surface area contributed by atoms with E-state index in [-0.39, 0.29) is 0 Å². The summed E-state index contributed by atoms with van der Waals surface area (Å²) in [6.45, 7) is 1.28. The molecule has 6 heteroatoms. The minimum absolute atomic E-state index is 0.551. The van der Waals surface area contributed by atoms with Crippen LogP contribution < -0.4 is 19.5 Å². The van der Waals surface area contributed by atoms with Gasteiger partial charge in [0.2, 0.25) is 0 Å². The number of hydrogen-bond donors (Lipinski definition) is 1. The van der Waals surface area contributed by atoms with E-state index in [4.69, 9.17) is 37.4 Å². The fourth-order valence-electron chi connectivity index (χ4n) is 2.22. The monoisotopic (exact) mass is 355 g/mol. The number of rotatable bonds is 7. The smallest absolute Gasteiger partial charge is 0.164 e. The minimum Gasteiger partial charge on any atom is -0.496 e. The second-order valence-electron chi connectivity index (χ2n) is 4.87. The van der Waals surface area contributed by atoms with E-state index in [9.17, 15) is 0 Å². The lowest BCUT2D eigenvalue weighted by Gasteiger charge is -2.14. The van der Waals surface area contributed by atoms with Gasteiger partial charge in [-0.25, -0.2) is 0 Å². The Hall–Kier alpha value is -1.62. The van der Waals surface area contributed by atoms with Crippen molar-refractivity contribution >= 4 is 23.2 Å². The largest absolute Gasteiger partial charge is 0.496 e. The Bertz CT molecular complexity index is 677. The maximum Gasteiger partial charge on any atom is 0.164 e. The molecule has 0 amide bonds. The molecule has 0 aliphatic rings. The molecule has 0 saturated heterocycles. The molecule has 0 radical (unpaired) electrons. The molecular weight excluding hydrogens is 337 g/mol. The molecule has 0 unspecified atom stereocenters. The maximum atomic E-state index is 6.02. The Morgan fingerprint density at radius 1 is 0.783 bits per heavy atom. The molecule has 0 bridgehead atoms. The van der Waals surface area contributed by atoms with E-state index in [0.29, 0.717) is 34.6 Å². The molecule has 0 aromatic heterocycles. The first-order valence-electron chi connectivity index (χ1n) is 7.02. The average molecular weight is 356 g/mol. The normalized spacial score (nSPS) is 10.5. The predicted molar refractivity (Wildman–Crippen MR) is 93.1 cm³/mol. The van der Waals surface area contributed by atoms with Gasteiger partial charge in [-0.15, -0.1) is 0 Å². The average Bonchev–Trinajstić information content (AvgIpc) is 2.57. The van der Waals surface area contributed by atoms with Crippen LogP contribution in [-0.2, 0) is 13.1 Å². The summed E-state index contributed by atoms with van der Waals surface area (Å²) in [7, 11) is 4.83. The van der Waals surface area contributed by atoms with Crippen molar-refractivity contribution < 1.29 is 14.2 Å². The topological polar surface area (TPSA) is 39.7 Å². The molecular formula is C17H19Cl2NO3. The SMILES string of the molecule is COc1cc(OC)c(OC)cc1CNCc1ccc(Cl)c(Cl)c1. The lowest BCUT2D eigenvalue weighted by Crippen LogP contribution is -2.13. The lowest BCUT2D eigenvalue weighted by atomic mass is 10.1. The number of halogens is 2. The molecule has 124 valence electrons. The molecule has 23 heavy (non-hydrogen) atoms. The van der Waals surface area contributed by atoms with Crippen molar-refractivity contribution in [3.8, 4) is 17.2 Å². The van der Waals surface area contributed by atoms with Gasteiger partial charge in [0.15, 0.2) is 11.5 Å². The van der Waals surface area contributed by atoms with E-state index < -0.39 is 0 Å². The molecule has 0 aliphatic carbocycles. The van der Waals surface area contributed by atoms with E-state index in [0.717, 1.165) is 16.9 Å². The van der Waals surface area contributed by atoms with Crippen LogP contribution in [0, 0.1) is 0 Å². The zero-order valence-corrected chi connectivity index (χ0v) is 14.8.